The Morgan fingerprint density at radius 3 is 2.64 bits per heavy atom. The molecule has 0 fully saturated rings. The van der Waals surface area contributed by atoms with Crippen LogP contribution in [0.25, 0.3) is 0 Å². The van der Waals surface area contributed by atoms with E-state index in [-0.39, 0.29) is 9.13 Å². The van der Waals surface area contributed by atoms with Gasteiger partial charge in [0, 0.05) is 5.56 Å². The fourth-order valence-corrected chi connectivity index (χ4v) is 1.09. The summed E-state index contributed by atoms with van der Waals surface area (Å²) in [7, 11) is 0. The van der Waals surface area contributed by atoms with E-state index in [0.29, 0.717) is 0 Å². The Kier molecular flexibility index (Phi) is 2.72. The van der Waals surface area contributed by atoms with Gasteiger partial charge in [0.1, 0.15) is 0 Å². The van der Waals surface area contributed by atoms with Gasteiger partial charge in [0.25, 0.3) is 0 Å². The third kappa shape index (κ3) is 1.84. The van der Waals surface area contributed by atoms with Crippen LogP contribution in [0.15, 0.2) is 6.07 Å². The van der Waals surface area contributed by atoms with Crippen LogP contribution in [0.4, 0.5) is 8.78 Å². The van der Waals surface area contributed by atoms with E-state index in [0.717, 1.165) is 0 Å². The quantitative estimate of drug-likeness (QED) is 0.619. The van der Waals surface area contributed by atoms with Crippen molar-refractivity contribution < 1.29 is 13.9 Å². The average Bonchev–Trinajstić information content (AvgIpc) is 1.97. The van der Waals surface area contributed by atoms with Crippen LogP contribution in [0, 0.1) is 15.5 Å². The van der Waals surface area contributed by atoms with Gasteiger partial charge in [-0.2, -0.15) is 13.8 Å². The standard InChI is InChI=1S/C6H4F2INO/c7-5-3(2-11)1-4(9)6(8)10-5/h1,11H,2H2. The molecule has 1 aromatic rings. The monoisotopic (exact) mass is 271 g/mol. The first-order valence-corrected chi connectivity index (χ1v) is 3.84. The molecule has 0 aliphatic rings. The summed E-state index contributed by atoms with van der Waals surface area (Å²) < 4.78 is 25.2. The highest BCUT2D eigenvalue weighted by atomic mass is 127. The number of nitrogens with zero attached hydrogens (tertiary/aromatic N) is 1. The molecule has 0 aromatic carbocycles. The van der Waals surface area contributed by atoms with E-state index in [1.165, 1.54) is 6.07 Å². The fraction of sp³-hybridized carbons (Fsp3) is 0.167. The van der Waals surface area contributed by atoms with Gasteiger partial charge in [0.2, 0.25) is 11.9 Å². The molecule has 0 bridgehead atoms. The SMILES string of the molecule is OCc1cc(I)c(F)nc1F. The highest BCUT2D eigenvalue weighted by molar-refractivity contribution is 14.1. The van der Waals surface area contributed by atoms with Gasteiger partial charge in [-0.15, -0.1) is 0 Å². The number of halogens is 3. The zero-order chi connectivity index (χ0) is 8.43. The molecule has 0 saturated heterocycles. The third-order valence-electron chi connectivity index (χ3n) is 1.13. The van der Waals surface area contributed by atoms with Crippen molar-refractivity contribution in [1.82, 2.24) is 4.98 Å². The van der Waals surface area contributed by atoms with Crippen molar-refractivity contribution in [3.05, 3.63) is 27.1 Å². The molecule has 5 heteroatoms. The second-order valence-corrected chi connectivity index (χ2v) is 3.03. The van der Waals surface area contributed by atoms with E-state index in [9.17, 15) is 8.78 Å². The summed E-state index contributed by atoms with van der Waals surface area (Å²) >= 11 is 1.67. The van der Waals surface area contributed by atoms with E-state index in [1.807, 2.05) is 0 Å². The molecule has 1 N–H and O–H groups in total. The first kappa shape index (κ1) is 8.79. The Morgan fingerprint density at radius 1 is 1.45 bits per heavy atom. The molecular formula is C6H4F2INO. The van der Waals surface area contributed by atoms with Crippen LogP contribution in [0.2, 0.25) is 0 Å². The minimum absolute atomic E-state index is 0.0100. The van der Waals surface area contributed by atoms with Crippen molar-refractivity contribution in [2.45, 2.75) is 6.61 Å². The molecular weight excluding hydrogens is 267 g/mol. The number of pyridine rings is 1. The first-order valence-electron chi connectivity index (χ1n) is 2.76. The molecule has 1 heterocycles. The van der Waals surface area contributed by atoms with E-state index in [4.69, 9.17) is 5.11 Å². The zero-order valence-corrected chi connectivity index (χ0v) is 7.47. The normalized spacial score (nSPS) is 10.2. The lowest BCUT2D eigenvalue weighted by Crippen LogP contribution is -1.98. The van der Waals surface area contributed by atoms with Crippen molar-refractivity contribution >= 4 is 22.6 Å². The molecule has 0 aliphatic carbocycles. The van der Waals surface area contributed by atoms with Crippen LogP contribution < -0.4 is 0 Å². The number of aromatic nitrogens is 1. The summed E-state index contributed by atoms with van der Waals surface area (Å²) in [6.07, 6.45) is 0. The molecule has 1 rings (SSSR count). The summed E-state index contributed by atoms with van der Waals surface area (Å²) in [5, 5.41) is 8.53. The van der Waals surface area contributed by atoms with Gasteiger partial charge >= 0.3 is 0 Å². The lowest BCUT2D eigenvalue weighted by molar-refractivity contribution is 0.272. The molecule has 60 valence electrons. The molecule has 0 radical (unpaired) electrons. The first-order chi connectivity index (χ1) is 5.15. The van der Waals surface area contributed by atoms with Crippen molar-refractivity contribution in [1.29, 1.82) is 0 Å². The number of hydrogen-bond acceptors (Lipinski definition) is 2. The van der Waals surface area contributed by atoms with E-state index >= 15 is 0 Å². The van der Waals surface area contributed by atoms with Crippen LogP contribution in [0.3, 0.4) is 0 Å². The predicted octanol–water partition coefficient (Wildman–Crippen LogP) is 1.46. The second-order valence-electron chi connectivity index (χ2n) is 1.87. The van der Waals surface area contributed by atoms with Crippen molar-refractivity contribution in [2.75, 3.05) is 0 Å². The molecule has 2 nitrogen and oxygen atoms in total. The molecule has 0 amide bonds. The molecule has 0 saturated carbocycles. The molecule has 1 aromatic heterocycles. The molecule has 0 aliphatic heterocycles. The Bertz CT molecular complexity index is 280. The topological polar surface area (TPSA) is 33.1 Å². The maximum atomic E-state index is 12.5. The van der Waals surface area contributed by atoms with Gasteiger partial charge in [0.05, 0.1) is 10.2 Å². The molecule has 0 unspecified atom stereocenters. The van der Waals surface area contributed by atoms with Gasteiger partial charge in [-0.25, -0.2) is 0 Å². The van der Waals surface area contributed by atoms with Crippen LogP contribution in [0.1, 0.15) is 5.56 Å². The van der Waals surface area contributed by atoms with Crippen LogP contribution in [-0.2, 0) is 6.61 Å². The Hall–Kier alpha value is -0.300. The third-order valence-corrected chi connectivity index (χ3v) is 1.89. The summed E-state index contributed by atoms with van der Waals surface area (Å²) in [5.41, 5.74) is 0.0100. The van der Waals surface area contributed by atoms with Crippen molar-refractivity contribution in [3.63, 3.8) is 0 Å². The van der Waals surface area contributed by atoms with Gasteiger partial charge in [-0.1, -0.05) is 0 Å². The molecule has 11 heavy (non-hydrogen) atoms. The van der Waals surface area contributed by atoms with Crippen LogP contribution >= 0.6 is 22.6 Å². The van der Waals surface area contributed by atoms with Crippen LogP contribution in [-0.4, -0.2) is 10.1 Å². The van der Waals surface area contributed by atoms with E-state index in [2.05, 4.69) is 4.98 Å². The highest BCUT2D eigenvalue weighted by Crippen LogP contribution is 2.13. The van der Waals surface area contributed by atoms with Crippen LogP contribution in [0.5, 0.6) is 0 Å². The second kappa shape index (κ2) is 3.40. The van der Waals surface area contributed by atoms with Gasteiger partial charge < -0.3 is 5.11 Å². The smallest absolute Gasteiger partial charge is 0.228 e. The lowest BCUT2D eigenvalue weighted by Gasteiger charge is -1.98. The maximum Gasteiger partial charge on any atom is 0.228 e. The maximum absolute atomic E-state index is 12.5. The largest absolute Gasteiger partial charge is 0.392 e. The number of rotatable bonds is 1. The van der Waals surface area contributed by atoms with Gasteiger partial charge in [-0.05, 0) is 28.7 Å². The van der Waals surface area contributed by atoms with E-state index < -0.39 is 18.5 Å². The summed E-state index contributed by atoms with van der Waals surface area (Å²) in [6.45, 7) is -0.463. The van der Waals surface area contributed by atoms with Crippen molar-refractivity contribution in [3.8, 4) is 0 Å². The number of aliphatic hydroxyl groups excluding tert-OH is 1. The Morgan fingerprint density at radius 2 is 2.09 bits per heavy atom. The molecule has 0 spiro atoms. The number of aliphatic hydroxyl groups is 1. The highest BCUT2D eigenvalue weighted by Gasteiger charge is 2.07. The lowest BCUT2D eigenvalue weighted by atomic mass is 10.3. The minimum Gasteiger partial charge on any atom is -0.392 e. The Labute approximate surface area is 75.4 Å². The Balaban J connectivity index is 3.21. The fourth-order valence-electron chi connectivity index (χ4n) is 0.594. The van der Waals surface area contributed by atoms with E-state index in [1.54, 1.807) is 22.6 Å². The van der Waals surface area contributed by atoms with Gasteiger partial charge in [-0.3, -0.25) is 0 Å². The number of hydrogen-bond donors (Lipinski definition) is 1. The predicted molar refractivity (Wildman–Crippen MR) is 42.8 cm³/mol. The summed E-state index contributed by atoms with van der Waals surface area (Å²) in [4.78, 5) is 2.94. The zero-order valence-electron chi connectivity index (χ0n) is 5.31. The van der Waals surface area contributed by atoms with Gasteiger partial charge in [0.15, 0.2) is 0 Å². The average molecular weight is 271 g/mol. The minimum atomic E-state index is -0.953. The molecule has 0 atom stereocenters. The van der Waals surface area contributed by atoms with Crippen molar-refractivity contribution in [2.24, 2.45) is 0 Å². The summed E-state index contributed by atoms with van der Waals surface area (Å²) in [6, 6.07) is 1.22. The summed E-state index contributed by atoms with van der Waals surface area (Å²) in [5.74, 6) is -1.80.